The number of benzene rings is 2. The van der Waals surface area contributed by atoms with Crippen molar-refractivity contribution in [2.45, 2.75) is 71.0 Å². The van der Waals surface area contributed by atoms with Gasteiger partial charge in [0.1, 0.15) is 12.7 Å². The van der Waals surface area contributed by atoms with E-state index in [-0.39, 0.29) is 5.91 Å². The molecule has 6 nitrogen and oxygen atoms in total. The fourth-order valence-electron chi connectivity index (χ4n) is 4.75. The van der Waals surface area contributed by atoms with Gasteiger partial charge in [-0.3, -0.25) is 9.48 Å². The number of fused-ring (bicyclic) bond motifs is 1. The SMILES string of the molecule is O=C(CCCn1cncn1)N1CCCCCCCCN(Cc2ccccc2)c2ccccc2C1. The lowest BCUT2D eigenvalue weighted by Crippen LogP contribution is -2.33. The number of anilines is 1. The number of carbonyl (C=O) groups excluding carboxylic acids is 1. The number of amides is 1. The number of aromatic nitrogens is 3. The first-order chi connectivity index (χ1) is 16.8. The molecule has 1 aromatic heterocycles. The van der Waals surface area contributed by atoms with Crippen LogP contribution in [-0.2, 0) is 24.4 Å². The van der Waals surface area contributed by atoms with E-state index in [4.69, 9.17) is 0 Å². The molecule has 2 aromatic carbocycles. The Labute approximate surface area is 203 Å². The van der Waals surface area contributed by atoms with E-state index in [9.17, 15) is 4.79 Å². The molecule has 0 spiro atoms. The van der Waals surface area contributed by atoms with Crippen molar-refractivity contribution in [3.8, 4) is 0 Å². The van der Waals surface area contributed by atoms with E-state index in [2.05, 4.69) is 74.5 Å². The summed E-state index contributed by atoms with van der Waals surface area (Å²) in [5.74, 6) is 0.236. The Bertz CT molecular complexity index is 989. The van der Waals surface area contributed by atoms with Crippen LogP contribution in [0, 0.1) is 0 Å². The molecule has 0 saturated heterocycles. The molecule has 6 heteroatoms. The van der Waals surface area contributed by atoms with Crippen molar-refractivity contribution in [1.82, 2.24) is 19.7 Å². The third-order valence-corrected chi connectivity index (χ3v) is 6.61. The Hall–Kier alpha value is -3.15. The molecule has 1 aliphatic heterocycles. The van der Waals surface area contributed by atoms with Gasteiger partial charge in [0.25, 0.3) is 0 Å². The van der Waals surface area contributed by atoms with Crippen LogP contribution in [0.2, 0.25) is 0 Å². The van der Waals surface area contributed by atoms with Crippen LogP contribution in [0.4, 0.5) is 5.69 Å². The van der Waals surface area contributed by atoms with Crippen LogP contribution >= 0.6 is 0 Å². The van der Waals surface area contributed by atoms with Gasteiger partial charge in [0.05, 0.1) is 0 Å². The Morgan fingerprint density at radius 1 is 0.853 bits per heavy atom. The first kappa shape index (κ1) is 24.0. The normalized spacial score (nSPS) is 15.6. The molecule has 1 amide bonds. The van der Waals surface area contributed by atoms with Crippen LogP contribution in [0.25, 0.3) is 0 Å². The maximum atomic E-state index is 13.3. The average molecular weight is 460 g/mol. The molecule has 0 N–H and O–H groups in total. The van der Waals surface area contributed by atoms with Crippen LogP contribution in [0.15, 0.2) is 67.3 Å². The van der Waals surface area contributed by atoms with Crippen LogP contribution in [-0.4, -0.2) is 38.7 Å². The highest BCUT2D eigenvalue weighted by atomic mass is 16.2. The maximum Gasteiger partial charge on any atom is 0.222 e. The summed E-state index contributed by atoms with van der Waals surface area (Å²) in [5.41, 5.74) is 3.82. The molecule has 34 heavy (non-hydrogen) atoms. The van der Waals surface area contributed by atoms with Crippen molar-refractivity contribution in [1.29, 1.82) is 0 Å². The lowest BCUT2D eigenvalue weighted by Gasteiger charge is -2.30. The number of carbonyl (C=O) groups is 1. The van der Waals surface area contributed by atoms with E-state index in [1.165, 1.54) is 48.9 Å². The molecule has 0 radical (unpaired) electrons. The second-order valence-corrected chi connectivity index (χ2v) is 9.23. The zero-order chi connectivity index (χ0) is 23.4. The fourth-order valence-corrected chi connectivity index (χ4v) is 4.75. The number of para-hydroxylation sites is 1. The fraction of sp³-hybridized carbons (Fsp3) is 0.464. The first-order valence-corrected chi connectivity index (χ1v) is 12.8. The van der Waals surface area contributed by atoms with E-state index in [1.54, 1.807) is 17.3 Å². The predicted molar refractivity (Wildman–Crippen MR) is 136 cm³/mol. The Kier molecular flexibility index (Phi) is 9.12. The lowest BCUT2D eigenvalue weighted by molar-refractivity contribution is -0.132. The van der Waals surface area contributed by atoms with Crippen molar-refractivity contribution in [3.05, 3.63) is 78.4 Å². The number of aryl methyl sites for hydroxylation is 1. The summed E-state index contributed by atoms with van der Waals surface area (Å²) < 4.78 is 1.80. The lowest BCUT2D eigenvalue weighted by atomic mass is 10.1. The molecule has 0 bridgehead atoms. The molecule has 2 heterocycles. The summed E-state index contributed by atoms with van der Waals surface area (Å²) in [5, 5.41) is 4.15. The highest BCUT2D eigenvalue weighted by molar-refractivity contribution is 5.76. The van der Waals surface area contributed by atoms with E-state index in [0.717, 1.165) is 39.0 Å². The summed E-state index contributed by atoms with van der Waals surface area (Å²) in [6, 6.07) is 19.4. The minimum Gasteiger partial charge on any atom is -0.367 e. The van der Waals surface area contributed by atoms with Gasteiger partial charge in [-0.15, -0.1) is 0 Å². The largest absolute Gasteiger partial charge is 0.367 e. The van der Waals surface area contributed by atoms with Gasteiger partial charge in [0, 0.05) is 44.8 Å². The molecule has 0 aliphatic carbocycles. The molecule has 0 unspecified atom stereocenters. The van der Waals surface area contributed by atoms with Gasteiger partial charge in [-0.2, -0.15) is 5.10 Å². The zero-order valence-corrected chi connectivity index (χ0v) is 20.2. The van der Waals surface area contributed by atoms with Gasteiger partial charge in [-0.05, 0) is 36.5 Å². The van der Waals surface area contributed by atoms with Gasteiger partial charge < -0.3 is 9.80 Å². The number of nitrogens with zero attached hydrogens (tertiary/aromatic N) is 5. The van der Waals surface area contributed by atoms with Gasteiger partial charge >= 0.3 is 0 Å². The molecule has 0 atom stereocenters. The third-order valence-electron chi connectivity index (χ3n) is 6.61. The summed E-state index contributed by atoms with van der Waals surface area (Å²) in [4.78, 5) is 21.8. The monoisotopic (exact) mass is 459 g/mol. The topological polar surface area (TPSA) is 54.3 Å². The van der Waals surface area contributed by atoms with Crippen LogP contribution in [0.3, 0.4) is 0 Å². The Morgan fingerprint density at radius 3 is 2.38 bits per heavy atom. The quantitative estimate of drug-likeness (QED) is 0.492. The molecule has 0 saturated carbocycles. The van der Waals surface area contributed by atoms with E-state index < -0.39 is 0 Å². The van der Waals surface area contributed by atoms with Crippen molar-refractivity contribution in [2.75, 3.05) is 18.0 Å². The summed E-state index contributed by atoms with van der Waals surface area (Å²) in [6.45, 7) is 4.15. The van der Waals surface area contributed by atoms with E-state index in [1.807, 2.05) is 0 Å². The predicted octanol–water partition coefficient (Wildman–Crippen LogP) is 5.45. The van der Waals surface area contributed by atoms with Gasteiger partial charge in [0.2, 0.25) is 5.91 Å². The Morgan fingerprint density at radius 2 is 1.59 bits per heavy atom. The molecule has 0 fully saturated rings. The number of rotatable bonds is 6. The maximum absolute atomic E-state index is 13.3. The average Bonchev–Trinajstić information content (AvgIpc) is 3.38. The van der Waals surface area contributed by atoms with Gasteiger partial charge in [0.15, 0.2) is 0 Å². The Balaban J connectivity index is 1.51. The zero-order valence-electron chi connectivity index (χ0n) is 20.2. The van der Waals surface area contributed by atoms with Crippen LogP contribution < -0.4 is 4.90 Å². The third kappa shape index (κ3) is 7.17. The highest BCUT2D eigenvalue weighted by Gasteiger charge is 2.18. The molecular weight excluding hydrogens is 422 g/mol. The second-order valence-electron chi connectivity index (χ2n) is 9.23. The van der Waals surface area contributed by atoms with E-state index in [0.29, 0.717) is 13.0 Å². The number of hydrogen-bond donors (Lipinski definition) is 0. The number of hydrogen-bond acceptors (Lipinski definition) is 4. The summed E-state index contributed by atoms with van der Waals surface area (Å²) in [6.07, 6.45) is 11.8. The molecule has 1 aliphatic rings. The summed E-state index contributed by atoms with van der Waals surface area (Å²) in [7, 11) is 0. The molecule has 180 valence electrons. The summed E-state index contributed by atoms with van der Waals surface area (Å²) >= 11 is 0. The standard InChI is InChI=1S/C28H37N5O/c34-28(17-12-20-33-24-29-23-30-33)32-19-11-4-2-1-3-10-18-31(21-25-13-6-5-7-14-25)27-16-9-8-15-26(27)22-32/h5-9,13-16,23-24H,1-4,10-12,17-22H2. The molecule has 3 aromatic rings. The van der Waals surface area contributed by atoms with Crippen LogP contribution in [0.5, 0.6) is 0 Å². The molecular formula is C28H37N5O. The van der Waals surface area contributed by atoms with Crippen molar-refractivity contribution in [2.24, 2.45) is 0 Å². The minimum atomic E-state index is 0.236. The van der Waals surface area contributed by atoms with Crippen LogP contribution in [0.1, 0.15) is 62.5 Å². The van der Waals surface area contributed by atoms with Gasteiger partial charge in [-0.1, -0.05) is 74.2 Å². The smallest absolute Gasteiger partial charge is 0.222 e. The molecule has 4 rings (SSSR count). The van der Waals surface area contributed by atoms with Crippen molar-refractivity contribution < 1.29 is 4.79 Å². The van der Waals surface area contributed by atoms with E-state index >= 15 is 0 Å². The second kappa shape index (κ2) is 12.9. The minimum absolute atomic E-state index is 0.236. The van der Waals surface area contributed by atoms with Crippen molar-refractivity contribution in [3.63, 3.8) is 0 Å². The highest BCUT2D eigenvalue weighted by Crippen LogP contribution is 2.26. The van der Waals surface area contributed by atoms with Gasteiger partial charge in [-0.25, -0.2) is 4.98 Å². The van der Waals surface area contributed by atoms with Crippen molar-refractivity contribution >= 4 is 11.6 Å². The first-order valence-electron chi connectivity index (χ1n) is 12.8.